The van der Waals surface area contributed by atoms with Gasteiger partial charge in [-0.05, 0) is 38.4 Å². The number of nitrogens with one attached hydrogen (secondary N) is 1. The maximum atomic E-state index is 12.5. The smallest absolute Gasteiger partial charge is 0.264 e. The minimum atomic E-state index is 0. The third kappa shape index (κ3) is 4.25. The third-order valence-electron chi connectivity index (χ3n) is 4.48. The van der Waals surface area contributed by atoms with Gasteiger partial charge in [-0.3, -0.25) is 9.59 Å². The van der Waals surface area contributed by atoms with Gasteiger partial charge < -0.3 is 15.1 Å². The normalized spacial score (nSPS) is 21.7. The third-order valence-corrected chi connectivity index (χ3v) is 5.46. The van der Waals surface area contributed by atoms with Crippen molar-refractivity contribution < 1.29 is 9.59 Å². The Hall–Kier alpha value is -1.11. The number of aryl methyl sites for hydroxylation is 1. The maximum Gasteiger partial charge on any atom is 0.264 e. The number of rotatable bonds is 2. The van der Waals surface area contributed by atoms with Crippen LogP contribution in [-0.2, 0) is 4.79 Å². The molecule has 0 bridgehead atoms. The second kappa shape index (κ2) is 8.13. The van der Waals surface area contributed by atoms with Gasteiger partial charge in [0.15, 0.2) is 0 Å². The average molecular weight is 358 g/mol. The molecule has 3 heterocycles. The fourth-order valence-corrected chi connectivity index (χ4v) is 3.99. The molecule has 3 rings (SSSR count). The van der Waals surface area contributed by atoms with E-state index in [2.05, 4.69) is 5.32 Å². The summed E-state index contributed by atoms with van der Waals surface area (Å²) in [4.78, 5) is 30.7. The molecule has 7 heteroatoms. The second-order valence-corrected chi connectivity index (χ2v) is 7.36. The quantitative estimate of drug-likeness (QED) is 0.877. The summed E-state index contributed by atoms with van der Waals surface area (Å²) in [6.07, 6.45) is 2.06. The van der Waals surface area contributed by atoms with E-state index in [0.29, 0.717) is 26.2 Å². The molecule has 128 valence electrons. The molecule has 0 aromatic carbocycles. The first-order valence-electron chi connectivity index (χ1n) is 8.00. The van der Waals surface area contributed by atoms with Gasteiger partial charge in [-0.15, -0.1) is 23.7 Å². The number of carbonyl (C=O) groups excluding carboxylic acids is 2. The summed E-state index contributed by atoms with van der Waals surface area (Å²) < 4.78 is 0. The molecule has 2 saturated heterocycles. The van der Waals surface area contributed by atoms with E-state index in [1.807, 2.05) is 28.9 Å². The van der Waals surface area contributed by atoms with E-state index < -0.39 is 0 Å². The van der Waals surface area contributed by atoms with Crippen molar-refractivity contribution in [3.63, 3.8) is 0 Å². The van der Waals surface area contributed by atoms with Gasteiger partial charge in [0.2, 0.25) is 5.91 Å². The largest absolute Gasteiger partial charge is 0.339 e. The van der Waals surface area contributed by atoms with Gasteiger partial charge >= 0.3 is 0 Å². The first-order valence-corrected chi connectivity index (χ1v) is 8.82. The highest BCUT2D eigenvalue weighted by Gasteiger charge is 2.30. The molecule has 0 aliphatic carbocycles. The lowest BCUT2D eigenvalue weighted by Crippen LogP contribution is -2.53. The highest BCUT2D eigenvalue weighted by molar-refractivity contribution is 7.13. The Balaban J connectivity index is 0.00000192. The molecule has 0 spiro atoms. The number of halogens is 1. The van der Waals surface area contributed by atoms with Crippen LogP contribution in [0.15, 0.2) is 12.1 Å². The van der Waals surface area contributed by atoms with Crippen LogP contribution >= 0.6 is 23.7 Å². The molecule has 1 N–H and O–H groups in total. The van der Waals surface area contributed by atoms with Crippen LogP contribution in [0.4, 0.5) is 0 Å². The van der Waals surface area contributed by atoms with E-state index in [4.69, 9.17) is 0 Å². The van der Waals surface area contributed by atoms with Crippen LogP contribution in [0.2, 0.25) is 0 Å². The van der Waals surface area contributed by atoms with Crippen molar-refractivity contribution in [2.24, 2.45) is 5.92 Å². The number of nitrogens with zero attached hydrogens (tertiary/aromatic N) is 2. The predicted molar refractivity (Wildman–Crippen MR) is 94.4 cm³/mol. The van der Waals surface area contributed by atoms with Crippen LogP contribution in [0, 0.1) is 12.8 Å². The van der Waals surface area contributed by atoms with Gasteiger partial charge in [0, 0.05) is 37.6 Å². The number of hydrogen-bond donors (Lipinski definition) is 1. The molecule has 1 unspecified atom stereocenters. The molecular formula is C16H24ClN3O2S. The second-order valence-electron chi connectivity index (χ2n) is 6.07. The van der Waals surface area contributed by atoms with Gasteiger partial charge in [0.25, 0.3) is 5.91 Å². The molecule has 1 atom stereocenters. The van der Waals surface area contributed by atoms with E-state index in [1.54, 1.807) is 0 Å². The van der Waals surface area contributed by atoms with Gasteiger partial charge in [-0.25, -0.2) is 0 Å². The Morgan fingerprint density at radius 2 is 1.87 bits per heavy atom. The van der Waals surface area contributed by atoms with Crippen molar-refractivity contribution >= 4 is 35.6 Å². The lowest BCUT2D eigenvalue weighted by atomic mass is 9.98. The SMILES string of the molecule is Cc1ccc(C(=O)N2CCN(C(=O)C3CCCNC3)CC2)s1.Cl. The summed E-state index contributed by atoms with van der Waals surface area (Å²) in [6, 6.07) is 3.88. The first-order chi connectivity index (χ1) is 10.6. The molecule has 2 amide bonds. The molecular weight excluding hydrogens is 334 g/mol. The molecule has 23 heavy (non-hydrogen) atoms. The van der Waals surface area contributed by atoms with Crippen molar-refractivity contribution in [2.75, 3.05) is 39.3 Å². The summed E-state index contributed by atoms with van der Waals surface area (Å²) in [5, 5.41) is 3.29. The lowest BCUT2D eigenvalue weighted by Gasteiger charge is -2.37. The van der Waals surface area contributed by atoms with Gasteiger partial charge in [0.05, 0.1) is 10.8 Å². The molecule has 2 aliphatic heterocycles. The Morgan fingerprint density at radius 3 is 2.43 bits per heavy atom. The highest BCUT2D eigenvalue weighted by atomic mass is 35.5. The topological polar surface area (TPSA) is 52.7 Å². The number of piperidine rings is 1. The van der Waals surface area contributed by atoms with Crippen LogP contribution in [0.3, 0.4) is 0 Å². The molecule has 1 aromatic heterocycles. The Labute approximate surface area is 147 Å². The zero-order valence-electron chi connectivity index (χ0n) is 13.4. The Bertz CT molecular complexity index is 549. The van der Waals surface area contributed by atoms with Gasteiger partial charge in [-0.1, -0.05) is 0 Å². The minimum absolute atomic E-state index is 0. The van der Waals surface area contributed by atoms with E-state index in [1.165, 1.54) is 11.3 Å². The van der Waals surface area contributed by atoms with E-state index in [-0.39, 0.29) is 30.1 Å². The zero-order valence-corrected chi connectivity index (χ0v) is 15.0. The van der Waals surface area contributed by atoms with E-state index in [9.17, 15) is 9.59 Å². The standard InChI is InChI=1S/C16H23N3O2S.ClH/c1-12-4-5-14(22-12)16(21)19-9-7-18(8-10-19)15(20)13-3-2-6-17-11-13;/h4-5,13,17H,2-3,6-11H2,1H3;1H. The van der Waals surface area contributed by atoms with Gasteiger partial charge in [0.1, 0.15) is 0 Å². The number of hydrogen-bond acceptors (Lipinski definition) is 4. The first kappa shape index (κ1) is 18.2. The van der Waals surface area contributed by atoms with Crippen LogP contribution in [0.1, 0.15) is 27.4 Å². The Morgan fingerprint density at radius 1 is 1.17 bits per heavy atom. The fourth-order valence-electron chi connectivity index (χ4n) is 3.16. The zero-order chi connectivity index (χ0) is 15.5. The van der Waals surface area contributed by atoms with E-state index in [0.717, 1.165) is 35.7 Å². The number of amides is 2. The van der Waals surface area contributed by atoms with Crippen molar-refractivity contribution in [3.8, 4) is 0 Å². The van der Waals surface area contributed by atoms with Gasteiger partial charge in [-0.2, -0.15) is 0 Å². The molecule has 5 nitrogen and oxygen atoms in total. The van der Waals surface area contributed by atoms with Crippen molar-refractivity contribution in [1.29, 1.82) is 0 Å². The molecule has 1 aromatic rings. The lowest BCUT2D eigenvalue weighted by molar-refractivity contribution is -0.137. The Kier molecular flexibility index (Phi) is 6.44. The summed E-state index contributed by atoms with van der Waals surface area (Å²) in [5.41, 5.74) is 0. The van der Waals surface area contributed by atoms with Crippen LogP contribution in [0.25, 0.3) is 0 Å². The summed E-state index contributed by atoms with van der Waals surface area (Å²) in [7, 11) is 0. The summed E-state index contributed by atoms with van der Waals surface area (Å²) >= 11 is 1.54. The van der Waals surface area contributed by atoms with Crippen LogP contribution < -0.4 is 5.32 Å². The molecule has 0 radical (unpaired) electrons. The van der Waals surface area contributed by atoms with Crippen molar-refractivity contribution in [1.82, 2.24) is 15.1 Å². The summed E-state index contributed by atoms with van der Waals surface area (Å²) in [5.74, 6) is 0.478. The van der Waals surface area contributed by atoms with Crippen LogP contribution in [-0.4, -0.2) is 60.9 Å². The molecule has 2 aliphatic rings. The monoisotopic (exact) mass is 357 g/mol. The number of carbonyl (C=O) groups is 2. The summed E-state index contributed by atoms with van der Waals surface area (Å²) in [6.45, 7) is 6.43. The fraction of sp³-hybridized carbons (Fsp3) is 0.625. The van der Waals surface area contributed by atoms with Crippen LogP contribution in [0.5, 0.6) is 0 Å². The van der Waals surface area contributed by atoms with Crippen molar-refractivity contribution in [3.05, 3.63) is 21.9 Å². The average Bonchev–Trinajstić information content (AvgIpc) is 3.01. The highest BCUT2D eigenvalue weighted by Crippen LogP contribution is 2.19. The number of thiophene rings is 1. The minimum Gasteiger partial charge on any atom is -0.339 e. The molecule has 2 fully saturated rings. The van der Waals surface area contributed by atoms with E-state index >= 15 is 0 Å². The predicted octanol–water partition coefficient (Wildman–Crippen LogP) is 1.76. The molecule has 0 saturated carbocycles. The van der Waals surface area contributed by atoms with Crippen molar-refractivity contribution in [2.45, 2.75) is 19.8 Å². The number of piperazine rings is 1. The maximum absolute atomic E-state index is 12.5.